The molecule has 1 fully saturated rings. The van der Waals surface area contributed by atoms with E-state index < -0.39 is 11.9 Å². The lowest BCUT2D eigenvalue weighted by atomic mass is 9.96. The van der Waals surface area contributed by atoms with E-state index in [1.807, 2.05) is 6.92 Å². The average molecular weight is 240 g/mol. The molecule has 6 heteroatoms. The van der Waals surface area contributed by atoms with E-state index in [0.717, 1.165) is 6.42 Å². The van der Waals surface area contributed by atoms with Gasteiger partial charge in [0.1, 0.15) is 14.0 Å². The van der Waals surface area contributed by atoms with Gasteiger partial charge >= 0.3 is 11.9 Å². The Bertz CT molecular complexity index is 281. The minimum Gasteiger partial charge on any atom is -0.469 e. The maximum absolute atomic E-state index is 11.5. The zero-order valence-electron chi connectivity index (χ0n) is 10.2. The Morgan fingerprint density at radius 3 is 2.59 bits per heavy atom. The molecule has 1 aliphatic rings. The molecule has 0 bridgehead atoms. The first-order chi connectivity index (χ1) is 8.06. The fourth-order valence-corrected chi connectivity index (χ4v) is 1.77. The first-order valence-electron chi connectivity index (χ1n) is 5.74. The Morgan fingerprint density at radius 1 is 1.35 bits per heavy atom. The molecular weight excluding hydrogens is 223 g/mol. The van der Waals surface area contributed by atoms with Gasteiger partial charge in [-0.05, 0) is 6.42 Å². The predicted octanol–water partition coefficient (Wildman–Crippen LogP) is 0.545. The molecular formula is C11H17BO5. The highest BCUT2D eigenvalue weighted by Crippen LogP contribution is 2.24. The molecule has 0 saturated carbocycles. The smallest absolute Gasteiger partial charge is 0.306 e. The van der Waals surface area contributed by atoms with Crippen LogP contribution in [0.1, 0.15) is 32.6 Å². The van der Waals surface area contributed by atoms with Crippen LogP contribution in [0.25, 0.3) is 0 Å². The maximum atomic E-state index is 11.5. The monoisotopic (exact) mass is 240 g/mol. The predicted molar refractivity (Wildman–Crippen MR) is 60.5 cm³/mol. The SMILES string of the molecule is [B][C@H]1C[C@@H](OC(=O)CCC(=O)OC)[C@@H](CC)O1. The summed E-state index contributed by atoms with van der Waals surface area (Å²) in [7, 11) is 6.91. The third-order valence-electron chi connectivity index (χ3n) is 2.67. The summed E-state index contributed by atoms with van der Waals surface area (Å²) in [5.74, 6) is -0.843. The number of esters is 2. The zero-order valence-corrected chi connectivity index (χ0v) is 10.2. The van der Waals surface area contributed by atoms with Crippen molar-refractivity contribution < 1.29 is 23.8 Å². The van der Waals surface area contributed by atoms with Crippen molar-refractivity contribution in [1.82, 2.24) is 0 Å². The van der Waals surface area contributed by atoms with Crippen LogP contribution in [0.15, 0.2) is 0 Å². The lowest BCUT2D eigenvalue weighted by Gasteiger charge is -2.17. The van der Waals surface area contributed by atoms with Crippen molar-refractivity contribution in [2.24, 2.45) is 0 Å². The topological polar surface area (TPSA) is 61.8 Å². The third kappa shape index (κ3) is 4.38. The van der Waals surface area contributed by atoms with E-state index in [2.05, 4.69) is 4.74 Å². The van der Waals surface area contributed by atoms with E-state index in [0.29, 0.717) is 6.42 Å². The molecule has 0 aromatic rings. The van der Waals surface area contributed by atoms with Gasteiger partial charge in [0.15, 0.2) is 0 Å². The molecule has 0 aromatic heterocycles. The Hall–Kier alpha value is -1.04. The van der Waals surface area contributed by atoms with Crippen molar-refractivity contribution in [3.8, 4) is 0 Å². The molecule has 17 heavy (non-hydrogen) atoms. The van der Waals surface area contributed by atoms with E-state index >= 15 is 0 Å². The Labute approximate surface area is 102 Å². The van der Waals surface area contributed by atoms with Crippen LogP contribution in [0, 0.1) is 0 Å². The van der Waals surface area contributed by atoms with Crippen LogP contribution >= 0.6 is 0 Å². The number of methoxy groups -OCH3 is 1. The van der Waals surface area contributed by atoms with Gasteiger partial charge in [0, 0.05) is 12.4 Å². The summed E-state index contributed by atoms with van der Waals surface area (Å²) in [5.41, 5.74) is 0. The second-order valence-electron chi connectivity index (χ2n) is 3.96. The maximum Gasteiger partial charge on any atom is 0.306 e. The number of hydrogen-bond acceptors (Lipinski definition) is 5. The van der Waals surface area contributed by atoms with Gasteiger partial charge in [0.2, 0.25) is 0 Å². The second-order valence-corrected chi connectivity index (χ2v) is 3.96. The van der Waals surface area contributed by atoms with Gasteiger partial charge in [-0.2, -0.15) is 0 Å². The molecule has 94 valence electrons. The first kappa shape index (κ1) is 14.0. The van der Waals surface area contributed by atoms with E-state index in [1.54, 1.807) is 0 Å². The highest BCUT2D eigenvalue weighted by Gasteiger charge is 2.34. The molecule has 0 amide bonds. The molecule has 0 aliphatic carbocycles. The average Bonchev–Trinajstić information content (AvgIpc) is 2.66. The van der Waals surface area contributed by atoms with Crippen molar-refractivity contribution in [3.63, 3.8) is 0 Å². The number of hydrogen-bond donors (Lipinski definition) is 0. The number of carbonyl (C=O) groups excluding carboxylic acids is 2. The fourth-order valence-electron chi connectivity index (χ4n) is 1.77. The number of rotatable bonds is 5. The van der Waals surface area contributed by atoms with Crippen LogP contribution < -0.4 is 0 Å². The summed E-state index contributed by atoms with van der Waals surface area (Å²) in [6.07, 6.45) is 0.846. The van der Waals surface area contributed by atoms with Crippen molar-refractivity contribution in [3.05, 3.63) is 0 Å². The van der Waals surface area contributed by atoms with Gasteiger partial charge in [-0.25, -0.2) is 0 Å². The normalized spacial score (nSPS) is 27.8. The molecule has 1 heterocycles. The minimum absolute atomic E-state index is 0.0227. The van der Waals surface area contributed by atoms with Gasteiger partial charge in [-0.3, -0.25) is 9.59 Å². The number of carbonyl (C=O) groups is 2. The standard InChI is InChI=1S/C11H17BO5/c1-3-7-8(6-9(12)16-7)17-11(14)5-4-10(13)15-2/h7-9H,3-6H2,1-2H3/t7-,8-,9-/m1/s1. The minimum atomic E-state index is -0.423. The summed E-state index contributed by atoms with van der Waals surface area (Å²) < 4.78 is 15.0. The molecule has 0 unspecified atom stereocenters. The van der Waals surface area contributed by atoms with Crippen molar-refractivity contribution in [1.29, 1.82) is 0 Å². The largest absolute Gasteiger partial charge is 0.469 e. The molecule has 0 aromatic carbocycles. The molecule has 1 aliphatic heterocycles. The molecule has 1 saturated heterocycles. The van der Waals surface area contributed by atoms with E-state index in [-0.39, 0.29) is 31.1 Å². The van der Waals surface area contributed by atoms with Gasteiger partial charge < -0.3 is 14.2 Å². The Morgan fingerprint density at radius 2 is 2.00 bits per heavy atom. The molecule has 1 rings (SSSR count). The summed E-state index contributed by atoms with van der Waals surface area (Å²) in [6.45, 7) is 1.94. The van der Waals surface area contributed by atoms with Crippen LogP contribution in [0.4, 0.5) is 0 Å². The Balaban J connectivity index is 2.32. The van der Waals surface area contributed by atoms with Gasteiger partial charge in [0.05, 0.1) is 26.1 Å². The molecule has 5 nitrogen and oxygen atoms in total. The highest BCUT2D eigenvalue weighted by atomic mass is 16.6. The quantitative estimate of drug-likeness (QED) is 0.518. The second kappa shape index (κ2) is 6.64. The first-order valence-corrected chi connectivity index (χ1v) is 5.74. The summed E-state index contributed by atoms with van der Waals surface area (Å²) in [5, 5.41) is 0. The van der Waals surface area contributed by atoms with Gasteiger partial charge in [-0.15, -0.1) is 0 Å². The number of ether oxygens (including phenoxy) is 3. The van der Waals surface area contributed by atoms with Crippen molar-refractivity contribution in [2.45, 2.75) is 50.8 Å². The zero-order chi connectivity index (χ0) is 12.8. The van der Waals surface area contributed by atoms with Crippen LogP contribution in [0.2, 0.25) is 0 Å². The third-order valence-corrected chi connectivity index (χ3v) is 2.67. The van der Waals surface area contributed by atoms with Crippen LogP contribution in [0.3, 0.4) is 0 Å². The summed E-state index contributed by atoms with van der Waals surface area (Å²) >= 11 is 0. The van der Waals surface area contributed by atoms with Crippen LogP contribution in [-0.2, 0) is 23.8 Å². The van der Waals surface area contributed by atoms with Crippen molar-refractivity contribution in [2.75, 3.05) is 7.11 Å². The molecule has 0 spiro atoms. The molecule has 0 N–H and O–H groups in total. The van der Waals surface area contributed by atoms with Crippen LogP contribution in [-0.4, -0.2) is 45.1 Å². The summed E-state index contributed by atoms with van der Waals surface area (Å²) in [4.78, 5) is 22.3. The summed E-state index contributed by atoms with van der Waals surface area (Å²) in [6, 6.07) is -0.377. The molecule has 3 atom stereocenters. The van der Waals surface area contributed by atoms with Crippen molar-refractivity contribution >= 4 is 19.8 Å². The van der Waals surface area contributed by atoms with Gasteiger partial charge in [0.25, 0.3) is 0 Å². The molecule has 2 radical (unpaired) electrons. The highest BCUT2D eigenvalue weighted by molar-refractivity contribution is 6.11. The Kier molecular flexibility index (Phi) is 5.48. The lowest BCUT2D eigenvalue weighted by Crippen LogP contribution is -2.26. The van der Waals surface area contributed by atoms with E-state index in [9.17, 15) is 9.59 Å². The van der Waals surface area contributed by atoms with Crippen LogP contribution in [0.5, 0.6) is 0 Å². The van der Waals surface area contributed by atoms with E-state index in [1.165, 1.54) is 7.11 Å². The van der Waals surface area contributed by atoms with Gasteiger partial charge in [-0.1, -0.05) is 6.92 Å². The fraction of sp³-hybridized carbons (Fsp3) is 0.818. The van der Waals surface area contributed by atoms with E-state index in [4.69, 9.17) is 17.3 Å². The lowest BCUT2D eigenvalue weighted by molar-refractivity contribution is -0.154.